The fourth-order valence-corrected chi connectivity index (χ4v) is 3.13. The van der Waals surface area contributed by atoms with E-state index in [4.69, 9.17) is 9.72 Å². The largest absolute Gasteiger partial charge is 0.489 e. The summed E-state index contributed by atoms with van der Waals surface area (Å²) in [5, 5.41) is 10.8. The molecule has 1 unspecified atom stereocenters. The van der Waals surface area contributed by atoms with Crippen LogP contribution in [0.2, 0.25) is 0 Å². The van der Waals surface area contributed by atoms with Crippen molar-refractivity contribution in [1.82, 2.24) is 4.98 Å². The minimum Gasteiger partial charge on any atom is -0.489 e. The molecule has 1 N–H and O–H groups in total. The van der Waals surface area contributed by atoms with Gasteiger partial charge in [-0.1, -0.05) is 37.3 Å². The molecule has 0 fully saturated rings. The molecule has 1 aromatic heterocycles. The molecule has 4 heteroatoms. The number of pyridine rings is 1. The molecule has 3 aromatic rings. The summed E-state index contributed by atoms with van der Waals surface area (Å²) in [5.41, 5.74) is 4.05. The van der Waals surface area contributed by atoms with E-state index in [1.807, 2.05) is 31.2 Å². The van der Waals surface area contributed by atoms with Gasteiger partial charge in [-0.3, -0.25) is 0 Å². The number of aliphatic hydroxyl groups excluding tert-OH is 1. The molecule has 1 heterocycles. The average molecular weight is 364 g/mol. The molecule has 0 spiro atoms. The summed E-state index contributed by atoms with van der Waals surface area (Å²) in [7, 11) is 0. The SMILES string of the molecule is CCC(O)COc1cccc2ccc(-c3ccc(N(CC)CC)cc3)nc12. The van der Waals surface area contributed by atoms with Crippen molar-refractivity contribution < 1.29 is 9.84 Å². The van der Waals surface area contributed by atoms with Gasteiger partial charge in [-0.25, -0.2) is 4.98 Å². The van der Waals surface area contributed by atoms with Crippen molar-refractivity contribution in [3.8, 4) is 17.0 Å². The number of benzene rings is 2. The summed E-state index contributed by atoms with van der Waals surface area (Å²) in [4.78, 5) is 7.17. The fourth-order valence-electron chi connectivity index (χ4n) is 3.13. The van der Waals surface area contributed by atoms with Crippen LogP contribution < -0.4 is 9.64 Å². The Morgan fingerprint density at radius 3 is 2.37 bits per heavy atom. The first-order valence-corrected chi connectivity index (χ1v) is 9.72. The number of fused-ring (bicyclic) bond motifs is 1. The van der Waals surface area contributed by atoms with Crippen molar-refractivity contribution in [2.24, 2.45) is 0 Å². The first-order chi connectivity index (χ1) is 13.2. The lowest BCUT2D eigenvalue weighted by Crippen LogP contribution is -2.21. The summed E-state index contributed by atoms with van der Waals surface area (Å²) in [5.74, 6) is 0.710. The van der Waals surface area contributed by atoms with Crippen LogP contribution in [0.4, 0.5) is 5.69 Å². The number of para-hydroxylation sites is 1. The number of ether oxygens (including phenoxy) is 1. The Morgan fingerprint density at radius 1 is 0.963 bits per heavy atom. The molecule has 0 aliphatic carbocycles. The van der Waals surface area contributed by atoms with Gasteiger partial charge in [0.25, 0.3) is 0 Å². The zero-order chi connectivity index (χ0) is 19.2. The second-order valence-corrected chi connectivity index (χ2v) is 6.62. The second kappa shape index (κ2) is 8.87. The van der Waals surface area contributed by atoms with Gasteiger partial charge < -0.3 is 14.7 Å². The molecule has 0 bridgehead atoms. The quantitative estimate of drug-likeness (QED) is 0.618. The van der Waals surface area contributed by atoms with E-state index in [0.717, 1.165) is 35.2 Å². The summed E-state index contributed by atoms with van der Waals surface area (Å²) in [6, 6.07) is 18.5. The minimum atomic E-state index is -0.462. The van der Waals surface area contributed by atoms with Gasteiger partial charge in [0.15, 0.2) is 0 Å². The van der Waals surface area contributed by atoms with Crippen molar-refractivity contribution >= 4 is 16.6 Å². The van der Waals surface area contributed by atoms with Gasteiger partial charge in [0, 0.05) is 29.7 Å². The third-order valence-corrected chi connectivity index (χ3v) is 4.88. The number of anilines is 1. The van der Waals surface area contributed by atoms with E-state index in [1.54, 1.807) is 0 Å². The van der Waals surface area contributed by atoms with Gasteiger partial charge in [0.2, 0.25) is 0 Å². The molecule has 2 aromatic carbocycles. The van der Waals surface area contributed by atoms with E-state index >= 15 is 0 Å². The number of nitrogens with zero attached hydrogens (tertiary/aromatic N) is 2. The van der Waals surface area contributed by atoms with Gasteiger partial charge in [-0.05, 0) is 44.5 Å². The third kappa shape index (κ3) is 4.40. The topological polar surface area (TPSA) is 45.6 Å². The molecule has 142 valence electrons. The van der Waals surface area contributed by atoms with Crippen LogP contribution in [0.1, 0.15) is 27.2 Å². The van der Waals surface area contributed by atoms with Crippen molar-refractivity contribution in [2.75, 3.05) is 24.6 Å². The van der Waals surface area contributed by atoms with Gasteiger partial charge in [0.1, 0.15) is 17.9 Å². The van der Waals surface area contributed by atoms with Crippen LogP contribution in [0, 0.1) is 0 Å². The highest BCUT2D eigenvalue weighted by atomic mass is 16.5. The molecule has 0 saturated carbocycles. The Bertz CT molecular complexity index is 873. The van der Waals surface area contributed by atoms with Crippen LogP contribution >= 0.6 is 0 Å². The minimum absolute atomic E-state index is 0.278. The molecule has 4 nitrogen and oxygen atoms in total. The van der Waals surface area contributed by atoms with E-state index < -0.39 is 6.10 Å². The van der Waals surface area contributed by atoms with Crippen LogP contribution in [-0.2, 0) is 0 Å². The van der Waals surface area contributed by atoms with Crippen LogP contribution in [0.5, 0.6) is 5.75 Å². The molecule has 0 aliphatic heterocycles. The van der Waals surface area contributed by atoms with Gasteiger partial charge in [-0.2, -0.15) is 0 Å². The number of aromatic nitrogens is 1. The maximum atomic E-state index is 9.79. The first kappa shape index (κ1) is 19.2. The van der Waals surface area contributed by atoms with Gasteiger partial charge in [0.05, 0.1) is 11.8 Å². The molecule has 0 amide bonds. The lowest BCUT2D eigenvalue weighted by Gasteiger charge is -2.21. The molecule has 0 radical (unpaired) electrons. The highest BCUT2D eigenvalue weighted by molar-refractivity contribution is 5.86. The standard InChI is InChI=1S/C23H28N2O2/c1-4-20(26)16-27-22-9-7-8-18-12-15-21(24-23(18)22)17-10-13-19(14-11-17)25(5-2)6-3/h7-15,20,26H,4-6,16H2,1-3H3. The van der Waals surface area contributed by atoms with E-state index in [9.17, 15) is 5.11 Å². The highest BCUT2D eigenvalue weighted by Gasteiger charge is 2.09. The Labute approximate surface area is 161 Å². The van der Waals surface area contributed by atoms with Crippen LogP contribution in [0.3, 0.4) is 0 Å². The average Bonchev–Trinajstić information content (AvgIpc) is 2.73. The Balaban J connectivity index is 1.91. The zero-order valence-electron chi connectivity index (χ0n) is 16.4. The van der Waals surface area contributed by atoms with Crippen LogP contribution in [-0.4, -0.2) is 35.9 Å². The summed E-state index contributed by atoms with van der Waals surface area (Å²) in [6.45, 7) is 8.54. The Morgan fingerprint density at radius 2 is 1.70 bits per heavy atom. The van der Waals surface area contributed by atoms with Crippen LogP contribution in [0.15, 0.2) is 54.6 Å². The van der Waals surface area contributed by atoms with Gasteiger partial charge in [-0.15, -0.1) is 0 Å². The van der Waals surface area contributed by atoms with E-state index in [-0.39, 0.29) is 6.61 Å². The normalized spacial score (nSPS) is 12.1. The predicted molar refractivity (Wildman–Crippen MR) is 113 cm³/mol. The van der Waals surface area contributed by atoms with Crippen LogP contribution in [0.25, 0.3) is 22.2 Å². The van der Waals surface area contributed by atoms with Crippen molar-refractivity contribution in [3.63, 3.8) is 0 Å². The lowest BCUT2D eigenvalue weighted by atomic mass is 10.1. The molecule has 3 rings (SSSR count). The highest BCUT2D eigenvalue weighted by Crippen LogP contribution is 2.28. The molecule has 27 heavy (non-hydrogen) atoms. The molecule has 0 aliphatic rings. The third-order valence-electron chi connectivity index (χ3n) is 4.88. The number of aliphatic hydroxyl groups is 1. The summed E-state index contributed by atoms with van der Waals surface area (Å²) >= 11 is 0. The Kier molecular flexibility index (Phi) is 6.30. The smallest absolute Gasteiger partial charge is 0.145 e. The van der Waals surface area contributed by atoms with Crippen molar-refractivity contribution in [1.29, 1.82) is 0 Å². The molecular weight excluding hydrogens is 336 g/mol. The molecular formula is C23H28N2O2. The van der Waals surface area contributed by atoms with E-state index in [0.29, 0.717) is 12.2 Å². The van der Waals surface area contributed by atoms with Crippen molar-refractivity contribution in [3.05, 3.63) is 54.6 Å². The molecule has 0 saturated heterocycles. The number of hydrogen-bond donors (Lipinski definition) is 1. The van der Waals surface area contributed by atoms with E-state index in [2.05, 4.69) is 49.1 Å². The second-order valence-electron chi connectivity index (χ2n) is 6.62. The summed E-state index contributed by atoms with van der Waals surface area (Å²) in [6.07, 6.45) is 0.207. The maximum Gasteiger partial charge on any atom is 0.145 e. The fraction of sp³-hybridized carbons (Fsp3) is 0.348. The first-order valence-electron chi connectivity index (χ1n) is 9.72. The maximum absolute atomic E-state index is 9.79. The van der Waals surface area contributed by atoms with E-state index in [1.165, 1.54) is 5.69 Å². The Hall–Kier alpha value is -2.59. The van der Waals surface area contributed by atoms with Crippen molar-refractivity contribution in [2.45, 2.75) is 33.3 Å². The lowest BCUT2D eigenvalue weighted by molar-refractivity contribution is 0.105. The monoisotopic (exact) mass is 364 g/mol. The number of rotatable bonds is 8. The molecule has 1 atom stereocenters. The number of hydrogen-bond acceptors (Lipinski definition) is 4. The predicted octanol–water partition coefficient (Wildman–Crippen LogP) is 4.90. The zero-order valence-corrected chi connectivity index (χ0v) is 16.4. The van der Waals surface area contributed by atoms with Gasteiger partial charge >= 0.3 is 0 Å². The summed E-state index contributed by atoms with van der Waals surface area (Å²) < 4.78 is 5.82.